The molecular formula is C40H48N6O7. The van der Waals surface area contributed by atoms with Crippen LogP contribution in [0.5, 0.6) is 17.2 Å². The van der Waals surface area contributed by atoms with Crippen LogP contribution >= 0.6 is 0 Å². The van der Waals surface area contributed by atoms with Crippen LogP contribution in [-0.4, -0.2) is 103 Å². The van der Waals surface area contributed by atoms with Crippen molar-refractivity contribution in [2.45, 2.75) is 37.8 Å². The lowest BCUT2D eigenvalue weighted by molar-refractivity contribution is 0.0528. The number of carbonyl (C=O) groups excluding carboxylic acids is 2. The van der Waals surface area contributed by atoms with E-state index in [1.54, 1.807) is 62.1 Å². The van der Waals surface area contributed by atoms with E-state index in [1.165, 1.54) is 28.3 Å². The molecular weight excluding hydrogens is 676 g/mol. The van der Waals surface area contributed by atoms with Gasteiger partial charge in [0, 0.05) is 69.1 Å². The second kappa shape index (κ2) is 19.9. The molecule has 2 aromatic heterocycles. The highest BCUT2D eigenvalue weighted by Gasteiger charge is 2.23. The molecule has 13 nitrogen and oxygen atoms in total. The zero-order valence-electron chi connectivity index (χ0n) is 30.7. The van der Waals surface area contributed by atoms with Gasteiger partial charge in [-0.25, -0.2) is 24.1 Å². The molecule has 0 radical (unpaired) electrons. The van der Waals surface area contributed by atoms with Crippen molar-refractivity contribution in [1.82, 2.24) is 29.3 Å². The summed E-state index contributed by atoms with van der Waals surface area (Å²) in [5.41, 5.74) is 3.30. The van der Waals surface area contributed by atoms with Gasteiger partial charge in [0.25, 0.3) is 0 Å². The first-order chi connectivity index (χ1) is 25.9. The molecule has 280 valence electrons. The van der Waals surface area contributed by atoms with Gasteiger partial charge in [-0.05, 0) is 93.4 Å². The van der Waals surface area contributed by atoms with Crippen LogP contribution in [0.2, 0.25) is 0 Å². The Morgan fingerprint density at radius 3 is 1.68 bits per heavy atom. The molecule has 7 rings (SSSR count). The third-order valence-electron chi connectivity index (χ3n) is 8.99. The molecule has 4 heterocycles. The average molecular weight is 725 g/mol. The maximum atomic E-state index is 12.6. The highest BCUT2D eigenvalue weighted by atomic mass is 16.6. The lowest BCUT2D eigenvalue weighted by Gasteiger charge is -2.30. The van der Waals surface area contributed by atoms with Crippen molar-refractivity contribution in [3.8, 4) is 39.8 Å². The minimum atomic E-state index is -0.501. The maximum absolute atomic E-state index is 12.6. The highest BCUT2D eigenvalue weighted by molar-refractivity contribution is 5.78. The number of hydrogen-bond donors (Lipinski definition) is 1. The molecule has 3 aromatic carbocycles. The molecule has 0 bridgehead atoms. The van der Waals surface area contributed by atoms with E-state index in [0.29, 0.717) is 30.7 Å². The average Bonchev–Trinajstić information content (AvgIpc) is 3.94. The number of para-hydroxylation sites is 1. The molecule has 0 aliphatic carbocycles. The predicted molar refractivity (Wildman–Crippen MR) is 202 cm³/mol. The topological polar surface area (TPSA) is 131 Å². The van der Waals surface area contributed by atoms with Crippen LogP contribution in [0.3, 0.4) is 0 Å². The number of imidazole rings is 2. The number of nitrogens with zero attached hydrogens (tertiary/aromatic N) is 5. The number of amides is 1. The molecule has 53 heavy (non-hydrogen) atoms. The molecule has 0 saturated carbocycles. The van der Waals surface area contributed by atoms with Crippen molar-refractivity contribution < 1.29 is 33.3 Å². The van der Waals surface area contributed by atoms with Crippen molar-refractivity contribution in [3.63, 3.8) is 0 Å². The third-order valence-corrected chi connectivity index (χ3v) is 8.99. The molecule has 13 heteroatoms. The number of methoxy groups -OCH3 is 2. The summed E-state index contributed by atoms with van der Waals surface area (Å²) >= 11 is 0. The molecule has 2 aliphatic rings. The van der Waals surface area contributed by atoms with E-state index in [4.69, 9.17) is 23.7 Å². The molecule has 0 atom stereocenters. The minimum absolute atomic E-state index is 0.0656. The Labute approximate surface area is 310 Å². The standard InChI is InChI=1S/C17H21N3O3.C17H14N2O3.C6H13NO/c1-19(14-7-9-23-10-8-14)17(21)20-11-16(18-12-20)13-3-5-15(22-2)6-4-13;1-21-14-9-7-13(8-10-14)16-11-19(12-18-16)17(20)22-15-5-3-2-4-6-15;1-7-6-2-4-8-5-3-6/h3-6,11-12,14H,7-10H2,1-2H3;2-12H,1H3;6-7H,2-5H2,1H3. The van der Waals surface area contributed by atoms with Gasteiger partial charge in [0.2, 0.25) is 0 Å². The van der Waals surface area contributed by atoms with E-state index in [2.05, 4.69) is 15.3 Å². The molecule has 2 saturated heterocycles. The predicted octanol–water partition coefficient (Wildman–Crippen LogP) is 6.63. The number of rotatable bonds is 7. The van der Waals surface area contributed by atoms with Crippen LogP contribution in [0.25, 0.3) is 22.5 Å². The fourth-order valence-corrected chi connectivity index (χ4v) is 5.71. The Hall–Kier alpha value is -5.50. The zero-order chi connectivity index (χ0) is 37.4. The fraction of sp³-hybridized carbons (Fsp3) is 0.350. The first kappa shape index (κ1) is 38.7. The van der Waals surface area contributed by atoms with Crippen molar-refractivity contribution in [2.75, 3.05) is 54.7 Å². The number of hydrogen-bond acceptors (Lipinski definition) is 10. The summed E-state index contributed by atoms with van der Waals surface area (Å²) in [5.74, 6) is 2.06. The molecule has 2 fully saturated rings. The van der Waals surface area contributed by atoms with E-state index in [-0.39, 0.29) is 12.1 Å². The second-order valence-electron chi connectivity index (χ2n) is 12.4. The highest BCUT2D eigenvalue weighted by Crippen LogP contribution is 2.23. The normalized spacial score (nSPS) is 14.5. The zero-order valence-corrected chi connectivity index (χ0v) is 30.7. The molecule has 1 N–H and O–H groups in total. The minimum Gasteiger partial charge on any atom is -0.497 e. The summed E-state index contributed by atoms with van der Waals surface area (Å²) < 4.78 is 28.9. The van der Waals surface area contributed by atoms with Gasteiger partial charge in [0.15, 0.2) is 0 Å². The van der Waals surface area contributed by atoms with Crippen molar-refractivity contribution >= 4 is 12.1 Å². The third kappa shape index (κ3) is 11.2. The quantitative estimate of drug-likeness (QED) is 0.195. The summed E-state index contributed by atoms with van der Waals surface area (Å²) in [4.78, 5) is 35.0. The van der Waals surface area contributed by atoms with Gasteiger partial charge in [-0.3, -0.25) is 4.57 Å². The second-order valence-corrected chi connectivity index (χ2v) is 12.4. The van der Waals surface area contributed by atoms with Crippen LogP contribution in [0.1, 0.15) is 25.7 Å². The van der Waals surface area contributed by atoms with Gasteiger partial charge in [-0.2, -0.15) is 0 Å². The van der Waals surface area contributed by atoms with E-state index in [0.717, 1.165) is 54.4 Å². The Balaban J connectivity index is 0.000000170. The SMILES string of the molecule is CNC1CCOCC1.COc1ccc(-c2cn(C(=O)N(C)C3CCOCC3)cn2)cc1.COc1ccc(-c2cn(C(=O)Oc3ccccc3)cn2)cc1. The monoisotopic (exact) mass is 724 g/mol. The van der Waals surface area contributed by atoms with Gasteiger partial charge >= 0.3 is 12.1 Å². The van der Waals surface area contributed by atoms with Crippen LogP contribution in [-0.2, 0) is 9.47 Å². The van der Waals surface area contributed by atoms with Gasteiger partial charge in [0.1, 0.15) is 29.9 Å². The molecule has 5 aromatic rings. The summed E-state index contributed by atoms with van der Waals surface area (Å²) in [7, 11) is 7.10. The first-order valence-electron chi connectivity index (χ1n) is 17.6. The lowest BCUT2D eigenvalue weighted by atomic mass is 10.1. The van der Waals surface area contributed by atoms with Gasteiger partial charge in [-0.1, -0.05) is 18.2 Å². The van der Waals surface area contributed by atoms with Crippen LogP contribution in [0, 0.1) is 0 Å². The Morgan fingerprint density at radius 1 is 0.698 bits per heavy atom. The van der Waals surface area contributed by atoms with Gasteiger partial charge in [0.05, 0.1) is 25.6 Å². The fourth-order valence-electron chi connectivity index (χ4n) is 5.71. The lowest BCUT2D eigenvalue weighted by Crippen LogP contribution is -2.42. The Morgan fingerprint density at radius 2 is 1.19 bits per heavy atom. The van der Waals surface area contributed by atoms with E-state index >= 15 is 0 Å². The van der Waals surface area contributed by atoms with Gasteiger partial charge < -0.3 is 33.9 Å². The largest absolute Gasteiger partial charge is 0.497 e. The number of ether oxygens (including phenoxy) is 5. The molecule has 0 unspecified atom stereocenters. The smallest absolute Gasteiger partial charge is 0.424 e. The first-order valence-corrected chi connectivity index (χ1v) is 17.6. The van der Waals surface area contributed by atoms with Crippen LogP contribution in [0.4, 0.5) is 9.59 Å². The van der Waals surface area contributed by atoms with Crippen molar-refractivity contribution in [1.29, 1.82) is 0 Å². The summed E-state index contributed by atoms with van der Waals surface area (Å²) in [5, 5.41) is 3.22. The molecule has 0 spiro atoms. The molecule has 1 amide bonds. The Kier molecular flexibility index (Phi) is 14.6. The Bertz CT molecular complexity index is 1830. The molecule has 2 aliphatic heterocycles. The van der Waals surface area contributed by atoms with E-state index in [9.17, 15) is 9.59 Å². The van der Waals surface area contributed by atoms with Crippen LogP contribution in [0.15, 0.2) is 104 Å². The van der Waals surface area contributed by atoms with Gasteiger partial charge in [-0.15, -0.1) is 0 Å². The van der Waals surface area contributed by atoms with Crippen molar-refractivity contribution in [2.24, 2.45) is 0 Å². The number of carbonyl (C=O) groups is 2. The van der Waals surface area contributed by atoms with Crippen molar-refractivity contribution in [3.05, 3.63) is 104 Å². The summed E-state index contributed by atoms with van der Waals surface area (Å²) in [6.45, 7) is 3.30. The van der Waals surface area contributed by atoms with E-state index in [1.807, 2.05) is 68.7 Å². The number of nitrogens with one attached hydrogen (secondary N) is 1. The van der Waals surface area contributed by atoms with E-state index < -0.39 is 6.09 Å². The summed E-state index contributed by atoms with van der Waals surface area (Å²) in [6, 6.07) is 24.9. The maximum Gasteiger partial charge on any atom is 0.424 e. The summed E-state index contributed by atoms with van der Waals surface area (Å²) in [6.07, 6.45) is 10.0. The number of benzene rings is 3. The number of aromatic nitrogens is 4. The van der Waals surface area contributed by atoms with Crippen LogP contribution < -0.4 is 19.5 Å².